The van der Waals surface area contributed by atoms with Crippen molar-refractivity contribution < 1.29 is 13.2 Å². The molecule has 1 aromatic carbocycles. The molecule has 4 heteroatoms. The predicted molar refractivity (Wildman–Crippen MR) is 79.1 cm³/mol. The van der Waals surface area contributed by atoms with Gasteiger partial charge in [0.25, 0.3) is 0 Å². The molecule has 0 bridgehead atoms. The average Bonchev–Trinajstić information content (AvgIpc) is 2.83. The maximum absolute atomic E-state index is 12.6. The minimum Gasteiger partial charge on any atom is -0.314 e. The van der Waals surface area contributed by atoms with Crippen molar-refractivity contribution in [3.63, 3.8) is 0 Å². The second-order valence-electron chi connectivity index (χ2n) is 6.41. The molecule has 1 saturated carbocycles. The van der Waals surface area contributed by atoms with Gasteiger partial charge in [-0.1, -0.05) is 32.4 Å². The van der Waals surface area contributed by atoms with Crippen molar-refractivity contribution in [3.8, 4) is 0 Å². The summed E-state index contributed by atoms with van der Waals surface area (Å²) in [4.78, 5) is 0. The van der Waals surface area contributed by atoms with Gasteiger partial charge in [0.05, 0.1) is 5.56 Å². The Labute approximate surface area is 124 Å². The first-order chi connectivity index (χ1) is 9.86. The molecule has 0 aliphatic heterocycles. The molecule has 1 aliphatic rings. The summed E-state index contributed by atoms with van der Waals surface area (Å²) < 4.78 is 37.7. The van der Waals surface area contributed by atoms with E-state index in [2.05, 4.69) is 19.2 Å². The van der Waals surface area contributed by atoms with Gasteiger partial charge in [-0.05, 0) is 55.3 Å². The van der Waals surface area contributed by atoms with Crippen LogP contribution < -0.4 is 5.32 Å². The maximum atomic E-state index is 12.6. The summed E-state index contributed by atoms with van der Waals surface area (Å²) in [7, 11) is 0. The van der Waals surface area contributed by atoms with Crippen LogP contribution in [0.4, 0.5) is 13.2 Å². The van der Waals surface area contributed by atoms with Crippen molar-refractivity contribution in [2.75, 3.05) is 6.54 Å². The van der Waals surface area contributed by atoms with Crippen LogP contribution in [-0.2, 0) is 12.6 Å². The van der Waals surface area contributed by atoms with Crippen LogP contribution in [-0.4, -0.2) is 12.6 Å². The Morgan fingerprint density at radius 2 is 1.71 bits per heavy atom. The lowest BCUT2D eigenvalue weighted by Crippen LogP contribution is -2.31. The predicted octanol–water partition coefficient (Wildman–Crippen LogP) is 4.66. The van der Waals surface area contributed by atoms with E-state index in [4.69, 9.17) is 0 Å². The largest absolute Gasteiger partial charge is 0.416 e. The number of rotatable bonds is 5. The number of nitrogens with one attached hydrogen (secondary N) is 1. The molecule has 21 heavy (non-hydrogen) atoms. The van der Waals surface area contributed by atoms with Gasteiger partial charge in [0.2, 0.25) is 0 Å². The number of halogens is 3. The lowest BCUT2D eigenvalue weighted by Gasteiger charge is -2.21. The Bertz CT molecular complexity index is 436. The van der Waals surface area contributed by atoms with Crippen LogP contribution in [0, 0.1) is 11.8 Å². The average molecular weight is 299 g/mol. The Hall–Kier alpha value is -1.03. The summed E-state index contributed by atoms with van der Waals surface area (Å²) in [6, 6.07) is 6.15. The highest BCUT2D eigenvalue weighted by molar-refractivity contribution is 5.25. The topological polar surface area (TPSA) is 12.0 Å². The van der Waals surface area contributed by atoms with E-state index in [0.717, 1.165) is 18.5 Å². The third-order valence-corrected chi connectivity index (χ3v) is 4.38. The highest BCUT2D eigenvalue weighted by Gasteiger charge is 2.31. The minimum absolute atomic E-state index is 0.484. The normalized spacial score (nSPS) is 23.0. The van der Waals surface area contributed by atoms with E-state index in [1.54, 1.807) is 12.1 Å². The fourth-order valence-corrected chi connectivity index (χ4v) is 3.17. The van der Waals surface area contributed by atoms with E-state index in [-0.39, 0.29) is 0 Å². The molecular formula is C17H24F3N. The fourth-order valence-electron chi connectivity index (χ4n) is 3.17. The molecule has 1 aliphatic carbocycles. The molecular weight excluding hydrogens is 275 g/mol. The van der Waals surface area contributed by atoms with Crippen molar-refractivity contribution >= 4 is 0 Å². The molecule has 2 unspecified atom stereocenters. The molecule has 118 valence electrons. The summed E-state index contributed by atoms with van der Waals surface area (Å²) in [6.07, 6.45) is 0.296. The van der Waals surface area contributed by atoms with E-state index in [1.165, 1.54) is 31.4 Å². The summed E-state index contributed by atoms with van der Waals surface area (Å²) in [5.74, 6) is 1.24. The van der Waals surface area contributed by atoms with Gasteiger partial charge in [-0.15, -0.1) is 0 Å². The number of hydrogen-bond acceptors (Lipinski definition) is 1. The van der Waals surface area contributed by atoms with Gasteiger partial charge in [-0.25, -0.2) is 0 Å². The molecule has 0 saturated heterocycles. The van der Waals surface area contributed by atoms with Gasteiger partial charge in [0, 0.05) is 6.04 Å². The van der Waals surface area contributed by atoms with Crippen LogP contribution >= 0.6 is 0 Å². The molecule has 2 rings (SSSR count). The molecule has 1 N–H and O–H groups in total. The third-order valence-electron chi connectivity index (χ3n) is 4.38. The van der Waals surface area contributed by atoms with Crippen LogP contribution in [0.1, 0.15) is 44.2 Å². The summed E-state index contributed by atoms with van der Waals surface area (Å²) in [5, 5.41) is 3.48. The molecule has 1 fully saturated rings. The summed E-state index contributed by atoms with van der Waals surface area (Å²) in [5.41, 5.74) is 0.458. The smallest absolute Gasteiger partial charge is 0.314 e. The molecule has 1 aromatic rings. The molecule has 1 nitrogen and oxygen atoms in total. The van der Waals surface area contributed by atoms with Gasteiger partial charge in [0.1, 0.15) is 0 Å². The van der Waals surface area contributed by atoms with Gasteiger partial charge >= 0.3 is 6.18 Å². The first kappa shape index (κ1) is 16.3. The molecule has 0 aromatic heterocycles. The minimum atomic E-state index is -4.24. The standard InChI is InChI=1S/C17H24F3N/c1-12(2)21-11-15-5-3-4-14(15)10-13-6-8-16(9-7-13)17(18,19)20/h6-9,12,14-15,21H,3-5,10-11H2,1-2H3. The number of hydrogen-bond donors (Lipinski definition) is 1. The highest BCUT2D eigenvalue weighted by Crippen LogP contribution is 2.35. The highest BCUT2D eigenvalue weighted by atomic mass is 19.4. The summed E-state index contributed by atoms with van der Waals surface area (Å²) >= 11 is 0. The van der Waals surface area contributed by atoms with Crippen molar-refractivity contribution in [1.82, 2.24) is 5.32 Å². The zero-order valence-electron chi connectivity index (χ0n) is 12.7. The van der Waals surface area contributed by atoms with E-state index >= 15 is 0 Å². The number of benzene rings is 1. The second-order valence-corrected chi connectivity index (χ2v) is 6.41. The van der Waals surface area contributed by atoms with Crippen LogP contribution in [0.3, 0.4) is 0 Å². The second kappa shape index (κ2) is 6.82. The first-order valence-corrected chi connectivity index (χ1v) is 7.76. The Balaban J connectivity index is 1.94. The van der Waals surface area contributed by atoms with Gasteiger partial charge in [-0.3, -0.25) is 0 Å². The molecule has 0 amide bonds. The van der Waals surface area contributed by atoms with Crippen LogP contribution in [0.2, 0.25) is 0 Å². The van der Waals surface area contributed by atoms with Crippen molar-refractivity contribution in [2.24, 2.45) is 11.8 Å². The SMILES string of the molecule is CC(C)NCC1CCCC1Cc1ccc(C(F)(F)F)cc1. The third kappa shape index (κ3) is 4.73. The Kier molecular flexibility index (Phi) is 5.31. The van der Waals surface area contributed by atoms with Crippen molar-refractivity contribution in [1.29, 1.82) is 0 Å². The zero-order chi connectivity index (χ0) is 15.5. The lowest BCUT2D eigenvalue weighted by molar-refractivity contribution is -0.137. The number of alkyl halides is 3. The van der Waals surface area contributed by atoms with E-state index < -0.39 is 11.7 Å². The zero-order valence-corrected chi connectivity index (χ0v) is 12.7. The molecule has 0 heterocycles. The van der Waals surface area contributed by atoms with Crippen LogP contribution in [0.5, 0.6) is 0 Å². The quantitative estimate of drug-likeness (QED) is 0.833. The van der Waals surface area contributed by atoms with E-state index in [0.29, 0.717) is 17.9 Å². The molecule has 0 spiro atoms. The van der Waals surface area contributed by atoms with Crippen LogP contribution in [0.25, 0.3) is 0 Å². The monoisotopic (exact) mass is 299 g/mol. The lowest BCUT2D eigenvalue weighted by atomic mass is 9.89. The van der Waals surface area contributed by atoms with E-state index in [9.17, 15) is 13.2 Å². The molecule has 0 radical (unpaired) electrons. The van der Waals surface area contributed by atoms with Gasteiger partial charge < -0.3 is 5.32 Å². The molecule has 2 atom stereocenters. The van der Waals surface area contributed by atoms with Gasteiger partial charge in [0.15, 0.2) is 0 Å². The van der Waals surface area contributed by atoms with E-state index in [1.807, 2.05) is 0 Å². The first-order valence-electron chi connectivity index (χ1n) is 7.76. The fraction of sp³-hybridized carbons (Fsp3) is 0.647. The van der Waals surface area contributed by atoms with Crippen molar-refractivity contribution in [2.45, 2.75) is 51.7 Å². The van der Waals surface area contributed by atoms with Gasteiger partial charge in [-0.2, -0.15) is 13.2 Å². The Morgan fingerprint density at radius 1 is 1.10 bits per heavy atom. The van der Waals surface area contributed by atoms with Crippen molar-refractivity contribution in [3.05, 3.63) is 35.4 Å². The Morgan fingerprint density at radius 3 is 2.29 bits per heavy atom. The maximum Gasteiger partial charge on any atom is 0.416 e. The summed E-state index contributed by atoms with van der Waals surface area (Å²) in [6.45, 7) is 5.29. The van der Waals surface area contributed by atoms with Crippen LogP contribution in [0.15, 0.2) is 24.3 Å².